The van der Waals surface area contributed by atoms with Gasteiger partial charge in [-0.05, 0) is 29.5 Å². The summed E-state index contributed by atoms with van der Waals surface area (Å²) in [4.78, 5) is 37.8. The zero-order chi connectivity index (χ0) is 18.2. The predicted molar refractivity (Wildman–Crippen MR) is 98.7 cm³/mol. The molecule has 0 aliphatic heterocycles. The van der Waals surface area contributed by atoms with Gasteiger partial charge in [-0.3, -0.25) is 14.4 Å². The number of carbonyl (C=O) groups excluding carboxylic acids is 3. The molecule has 1 heterocycles. The molecular weight excluding hydrogens is 338 g/mol. The molecule has 1 aromatic carbocycles. The van der Waals surface area contributed by atoms with E-state index in [9.17, 15) is 14.4 Å². The monoisotopic (exact) mass is 359 g/mol. The number of amides is 3. The third-order valence-electron chi connectivity index (χ3n) is 3.62. The Labute approximate surface area is 150 Å². The van der Waals surface area contributed by atoms with E-state index in [-0.39, 0.29) is 30.8 Å². The lowest BCUT2D eigenvalue weighted by molar-refractivity contribution is -0.132. The van der Waals surface area contributed by atoms with Gasteiger partial charge < -0.3 is 15.5 Å². The molecule has 2 aromatic rings. The Bertz CT molecular complexity index is 744. The second-order valence-electron chi connectivity index (χ2n) is 5.47. The molecule has 6 nitrogen and oxygen atoms in total. The van der Waals surface area contributed by atoms with E-state index in [4.69, 9.17) is 0 Å². The summed E-state index contributed by atoms with van der Waals surface area (Å²) in [5.41, 5.74) is 1.79. The molecule has 0 bridgehead atoms. The molecule has 2 N–H and O–H groups in total. The quantitative estimate of drug-likeness (QED) is 0.795. The summed E-state index contributed by atoms with van der Waals surface area (Å²) in [7, 11) is 1.53. The van der Waals surface area contributed by atoms with Gasteiger partial charge in [0.15, 0.2) is 0 Å². The lowest BCUT2D eigenvalue weighted by Crippen LogP contribution is -2.41. The summed E-state index contributed by atoms with van der Waals surface area (Å²) in [6.45, 7) is 1.79. The number of anilines is 1. The highest BCUT2D eigenvalue weighted by molar-refractivity contribution is 7.12. The molecule has 7 heteroatoms. The summed E-state index contributed by atoms with van der Waals surface area (Å²) in [6, 6.07) is 11.0. The number of thiophene rings is 1. The van der Waals surface area contributed by atoms with E-state index < -0.39 is 0 Å². The molecule has 3 amide bonds. The Hall–Kier alpha value is -2.67. The SMILES string of the molecule is CCc1ccccc1NC(=O)CN(C)C(=O)CNC(=O)c1cccs1. The Morgan fingerprint density at radius 3 is 2.56 bits per heavy atom. The summed E-state index contributed by atoms with van der Waals surface area (Å²) in [5.74, 6) is -0.900. The van der Waals surface area contributed by atoms with Crippen molar-refractivity contribution in [1.82, 2.24) is 10.2 Å². The van der Waals surface area contributed by atoms with Gasteiger partial charge in [-0.2, -0.15) is 0 Å². The molecule has 0 unspecified atom stereocenters. The first-order chi connectivity index (χ1) is 12.0. The van der Waals surface area contributed by atoms with Crippen LogP contribution in [0.25, 0.3) is 0 Å². The van der Waals surface area contributed by atoms with Gasteiger partial charge in [-0.25, -0.2) is 0 Å². The van der Waals surface area contributed by atoms with Crippen LogP contribution in [0.1, 0.15) is 22.2 Å². The molecule has 1 aromatic heterocycles. The average Bonchev–Trinajstić information content (AvgIpc) is 3.14. The minimum absolute atomic E-state index is 0.0776. The minimum atomic E-state index is -0.330. The van der Waals surface area contributed by atoms with Crippen molar-refractivity contribution < 1.29 is 14.4 Å². The van der Waals surface area contributed by atoms with Gasteiger partial charge >= 0.3 is 0 Å². The van der Waals surface area contributed by atoms with E-state index in [0.29, 0.717) is 4.88 Å². The molecule has 0 fully saturated rings. The molecular formula is C18H21N3O3S. The lowest BCUT2D eigenvalue weighted by Gasteiger charge is -2.17. The van der Waals surface area contributed by atoms with Gasteiger partial charge in [-0.1, -0.05) is 31.2 Å². The maximum Gasteiger partial charge on any atom is 0.261 e. The van der Waals surface area contributed by atoms with Crippen molar-refractivity contribution in [3.63, 3.8) is 0 Å². The van der Waals surface area contributed by atoms with Crippen LogP contribution in [-0.4, -0.2) is 42.8 Å². The van der Waals surface area contributed by atoms with E-state index in [2.05, 4.69) is 10.6 Å². The van der Waals surface area contributed by atoms with E-state index in [1.165, 1.54) is 23.3 Å². The normalized spacial score (nSPS) is 10.2. The molecule has 2 rings (SSSR count). The number of para-hydroxylation sites is 1. The standard InChI is InChI=1S/C18H21N3O3S/c1-3-13-7-4-5-8-14(13)20-16(22)12-21(2)17(23)11-19-18(24)15-9-6-10-25-15/h4-10H,3,11-12H2,1-2H3,(H,19,24)(H,20,22). The highest BCUT2D eigenvalue weighted by Crippen LogP contribution is 2.15. The number of rotatable bonds is 7. The smallest absolute Gasteiger partial charge is 0.261 e. The number of hydrogen-bond donors (Lipinski definition) is 2. The highest BCUT2D eigenvalue weighted by atomic mass is 32.1. The Kier molecular flexibility index (Phi) is 6.71. The number of benzene rings is 1. The van der Waals surface area contributed by atoms with Crippen LogP contribution in [0.3, 0.4) is 0 Å². The molecule has 0 aliphatic carbocycles. The lowest BCUT2D eigenvalue weighted by atomic mass is 10.1. The predicted octanol–water partition coefficient (Wildman–Crippen LogP) is 2.14. The molecule has 0 saturated heterocycles. The molecule has 0 atom stereocenters. The molecule has 132 valence electrons. The summed E-state index contributed by atoms with van der Waals surface area (Å²) in [5, 5.41) is 7.16. The van der Waals surface area contributed by atoms with Crippen LogP contribution in [0.15, 0.2) is 41.8 Å². The average molecular weight is 359 g/mol. The molecule has 0 aliphatic rings. The van der Waals surface area contributed by atoms with Crippen LogP contribution in [-0.2, 0) is 16.0 Å². The van der Waals surface area contributed by atoms with Crippen LogP contribution in [0.2, 0.25) is 0 Å². The number of aryl methyl sites for hydroxylation is 1. The van der Waals surface area contributed by atoms with Crippen molar-refractivity contribution in [1.29, 1.82) is 0 Å². The number of carbonyl (C=O) groups is 3. The van der Waals surface area contributed by atoms with Gasteiger partial charge in [0.1, 0.15) is 0 Å². The summed E-state index contributed by atoms with van der Waals surface area (Å²) >= 11 is 1.31. The fourth-order valence-corrected chi connectivity index (χ4v) is 2.87. The number of nitrogens with zero attached hydrogens (tertiary/aromatic N) is 1. The van der Waals surface area contributed by atoms with Gasteiger partial charge in [0, 0.05) is 12.7 Å². The summed E-state index contributed by atoms with van der Waals surface area (Å²) < 4.78 is 0. The van der Waals surface area contributed by atoms with Crippen molar-refractivity contribution in [2.24, 2.45) is 0 Å². The van der Waals surface area contributed by atoms with Crippen LogP contribution in [0.4, 0.5) is 5.69 Å². The Morgan fingerprint density at radius 2 is 1.88 bits per heavy atom. The number of likely N-dealkylation sites (N-methyl/N-ethyl adjacent to an activating group) is 1. The number of hydrogen-bond acceptors (Lipinski definition) is 4. The topological polar surface area (TPSA) is 78.5 Å². The van der Waals surface area contributed by atoms with Crippen LogP contribution < -0.4 is 10.6 Å². The Balaban J connectivity index is 1.81. The maximum atomic E-state index is 12.1. The zero-order valence-corrected chi connectivity index (χ0v) is 15.1. The molecule has 0 spiro atoms. The molecule has 0 saturated carbocycles. The third kappa shape index (κ3) is 5.42. The second-order valence-corrected chi connectivity index (χ2v) is 6.42. The second kappa shape index (κ2) is 8.98. The molecule has 0 radical (unpaired) electrons. The largest absolute Gasteiger partial charge is 0.342 e. The third-order valence-corrected chi connectivity index (χ3v) is 4.49. The van der Waals surface area contributed by atoms with Gasteiger partial charge in [0.25, 0.3) is 5.91 Å². The van der Waals surface area contributed by atoms with Crippen molar-refractivity contribution in [2.45, 2.75) is 13.3 Å². The van der Waals surface area contributed by atoms with E-state index in [1.54, 1.807) is 17.5 Å². The van der Waals surface area contributed by atoms with Gasteiger partial charge in [-0.15, -0.1) is 11.3 Å². The summed E-state index contributed by atoms with van der Waals surface area (Å²) in [6.07, 6.45) is 0.806. The van der Waals surface area contributed by atoms with Crippen LogP contribution in [0.5, 0.6) is 0 Å². The van der Waals surface area contributed by atoms with Gasteiger partial charge in [0.05, 0.1) is 18.0 Å². The fraction of sp³-hybridized carbons (Fsp3) is 0.278. The van der Waals surface area contributed by atoms with E-state index in [0.717, 1.165) is 17.7 Å². The van der Waals surface area contributed by atoms with Crippen molar-refractivity contribution in [3.8, 4) is 0 Å². The van der Waals surface area contributed by atoms with E-state index in [1.807, 2.05) is 31.2 Å². The maximum absolute atomic E-state index is 12.1. The highest BCUT2D eigenvalue weighted by Gasteiger charge is 2.15. The van der Waals surface area contributed by atoms with Crippen LogP contribution >= 0.6 is 11.3 Å². The number of nitrogens with one attached hydrogen (secondary N) is 2. The Morgan fingerprint density at radius 1 is 1.12 bits per heavy atom. The first kappa shape index (κ1) is 18.7. The van der Waals surface area contributed by atoms with E-state index >= 15 is 0 Å². The zero-order valence-electron chi connectivity index (χ0n) is 14.2. The fourth-order valence-electron chi connectivity index (χ4n) is 2.23. The minimum Gasteiger partial charge on any atom is -0.342 e. The van der Waals surface area contributed by atoms with Gasteiger partial charge in [0.2, 0.25) is 11.8 Å². The van der Waals surface area contributed by atoms with Crippen molar-refractivity contribution >= 4 is 34.7 Å². The molecule has 25 heavy (non-hydrogen) atoms. The first-order valence-electron chi connectivity index (χ1n) is 7.94. The van der Waals surface area contributed by atoms with Crippen molar-refractivity contribution in [2.75, 3.05) is 25.5 Å². The van der Waals surface area contributed by atoms with Crippen molar-refractivity contribution in [3.05, 3.63) is 52.2 Å². The van der Waals surface area contributed by atoms with Crippen LogP contribution in [0, 0.1) is 0 Å². The first-order valence-corrected chi connectivity index (χ1v) is 8.82.